The van der Waals surface area contributed by atoms with Crippen molar-refractivity contribution in [2.24, 2.45) is 12.9 Å². The van der Waals surface area contributed by atoms with E-state index in [2.05, 4.69) is 20.5 Å². The first-order chi connectivity index (χ1) is 10.2. The van der Waals surface area contributed by atoms with E-state index in [9.17, 15) is 0 Å². The van der Waals surface area contributed by atoms with Crippen LogP contribution in [0.4, 0.5) is 5.82 Å². The first-order valence-electron chi connectivity index (χ1n) is 6.52. The molecule has 0 spiro atoms. The predicted octanol–water partition coefficient (Wildman–Crippen LogP) is 1.54. The summed E-state index contributed by atoms with van der Waals surface area (Å²) >= 11 is 0. The van der Waals surface area contributed by atoms with E-state index in [-0.39, 0.29) is 6.61 Å². The van der Waals surface area contributed by atoms with Crippen molar-refractivity contribution < 1.29 is 4.74 Å². The van der Waals surface area contributed by atoms with Gasteiger partial charge in [0.25, 0.3) is 0 Å². The zero-order chi connectivity index (χ0) is 14.8. The maximum absolute atomic E-state index is 5.76. The Hall–Kier alpha value is -2.67. The predicted molar refractivity (Wildman–Crippen MR) is 79.6 cm³/mol. The van der Waals surface area contributed by atoms with E-state index in [1.165, 1.54) is 0 Å². The lowest BCUT2D eigenvalue weighted by Crippen LogP contribution is -2.12. The summed E-state index contributed by atoms with van der Waals surface area (Å²) in [6.45, 7) is 2.26. The third-order valence-corrected chi connectivity index (χ3v) is 3.23. The van der Waals surface area contributed by atoms with Crippen LogP contribution < -0.4 is 16.0 Å². The zero-order valence-corrected chi connectivity index (χ0v) is 11.9. The van der Waals surface area contributed by atoms with Gasteiger partial charge < -0.3 is 10.2 Å². The highest BCUT2D eigenvalue weighted by Crippen LogP contribution is 2.20. The molecule has 0 unspecified atom stereocenters. The Kier molecular flexibility index (Phi) is 3.41. The Morgan fingerprint density at radius 3 is 2.86 bits per heavy atom. The van der Waals surface area contributed by atoms with Gasteiger partial charge in [-0.15, -0.1) is 0 Å². The standard InChI is InChI=1S/C14H16N6O/c1-9-5-3-4-6-11(9)21-8-12-17-13(19-15)10-7-16-20(2)14(10)18-12/h3-7H,8,15H2,1-2H3,(H,17,18,19). The number of fused-ring (bicyclic) bond motifs is 1. The molecule has 3 rings (SSSR count). The first kappa shape index (κ1) is 13.3. The average molecular weight is 284 g/mol. The summed E-state index contributed by atoms with van der Waals surface area (Å²) in [7, 11) is 1.82. The van der Waals surface area contributed by atoms with E-state index >= 15 is 0 Å². The largest absolute Gasteiger partial charge is 0.485 e. The van der Waals surface area contributed by atoms with Gasteiger partial charge in [0.05, 0.1) is 11.6 Å². The van der Waals surface area contributed by atoms with Gasteiger partial charge in [0.1, 0.15) is 12.4 Å². The Morgan fingerprint density at radius 2 is 2.10 bits per heavy atom. The lowest BCUT2D eigenvalue weighted by molar-refractivity contribution is 0.294. The highest BCUT2D eigenvalue weighted by Gasteiger charge is 2.11. The van der Waals surface area contributed by atoms with E-state index < -0.39 is 0 Å². The summed E-state index contributed by atoms with van der Waals surface area (Å²) in [6, 6.07) is 7.81. The van der Waals surface area contributed by atoms with Crippen LogP contribution in [-0.4, -0.2) is 19.7 Å². The molecule has 21 heavy (non-hydrogen) atoms. The van der Waals surface area contributed by atoms with Crippen molar-refractivity contribution in [3.63, 3.8) is 0 Å². The number of ether oxygens (including phenoxy) is 1. The maximum atomic E-state index is 5.76. The molecule has 0 fully saturated rings. The third-order valence-electron chi connectivity index (χ3n) is 3.23. The summed E-state index contributed by atoms with van der Waals surface area (Å²) in [4.78, 5) is 8.81. The van der Waals surface area contributed by atoms with Gasteiger partial charge in [0.15, 0.2) is 17.3 Å². The van der Waals surface area contributed by atoms with Gasteiger partial charge in [-0.25, -0.2) is 15.8 Å². The number of para-hydroxylation sites is 1. The van der Waals surface area contributed by atoms with Gasteiger partial charge in [0, 0.05) is 7.05 Å². The van der Waals surface area contributed by atoms with Crippen LogP contribution in [0.15, 0.2) is 30.5 Å². The molecule has 3 N–H and O–H groups in total. The summed E-state index contributed by atoms with van der Waals surface area (Å²) in [5.41, 5.74) is 4.35. The molecule has 0 saturated carbocycles. The molecule has 0 amide bonds. The summed E-state index contributed by atoms with van der Waals surface area (Å²) in [5.74, 6) is 7.40. The zero-order valence-electron chi connectivity index (χ0n) is 11.9. The lowest BCUT2D eigenvalue weighted by Gasteiger charge is -2.09. The Bertz CT molecular complexity index is 782. The summed E-state index contributed by atoms with van der Waals surface area (Å²) < 4.78 is 7.44. The molecule has 0 aliphatic heterocycles. The van der Waals surface area contributed by atoms with Crippen LogP contribution in [0.3, 0.4) is 0 Å². The minimum absolute atomic E-state index is 0.265. The number of hydrazine groups is 1. The maximum Gasteiger partial charge on any atom is 0.170 e. The van der Waals surface area contributed by atoms with Gasteiger partial charge in [0.2, 0.25) is 0 Å². The molecule has 7 nitrogen and oxygen atoms in total. The lowest BCUT2D eigenvalue weighted by atomic mass is 10.2. The molecule has 2 heterocycles. The number of rotatable bonds is 4. The number of nitrogens with zero attached hydrogens (tertiary/aromatic N) is 4. The first-order valence-corrected chi connectivity index (χ1v) is 6.52. The third kappa shape index (κ3) is 2.50. The second-order valence-corrected chi connectivity index (χ2v) is 4.69. The summed E-state index contributed by atoms with van der Waals surface area (Å²) in [6.07, 6.45) is 1.68. The number of aryl methyl sites for hydroxylation is 2. The normalized spacial score (nSPS) is 10.8. The number of anilines is 1. The fourth-order valence-electron chi connectivity index (χ4n) is 2.10. The van der Waals surface area contributed by atoms with E-state index in [0.29, 0.717) is 17.3 Å². The minimum Gasteiger partial charge on any atom is -0.485 e. The Labute approximate surface area is 121 Å². The van der Waals surface area contributed by atoms with Crippen molar-refractivity contribution in [2.45, 2.75) is 13.5 Å². The van der Waals surface area contributed by atoms with E-state index in [0.717, 1.165) is 16.7 Å². The van der Waals surface area contributed by atoms with Crippen molar-refractivity contribution >= 4 is 16.9 Å². The second kappa shape index (κ2) is 5.37. The van der Waals surface area contributed by atoms with Crippen LogP contribution in [0.25, 0.3) is 11.0 Å². The molecule has 0 radical (unpaired) electrons. The number of nitrogens with one attached hydrogen (secondary N) is 1. The molecule has 0 bridgehead atoms. The van der Waals surface area contributed by atoms with E-state index in [4.69, 9.17) is 10.6 Å². The summed E-state index contributed by atoms with van der Waals surface area (Å²) in [5, 5.41) is 4.93. The van der Waals surface area contributed by atoms with Crippen LogP contribution in [0.5, 0.6) is 5.75 Å². The van der Waals surface area contributed by atoms with Gasteiger partial charge in [-0.1, -0.05) is 18.2 Å². The molecule has 0 aliphatic carbocycles. The van der Waals surface area contributed by atoms with Crippen molar-refractivity contribution in [1.29, 1.82) is 0 Å². The van der Waals surface area contributed by atoms with Crippen molar-refractivity contribution in [1.82, 2.24) is 19.7 Å². The monoisotopic (exact) mass is 284 g/mol. The number of aromatic nitrogens is 4. The molecule has 7 heteroatoms. The molecule has 1 aromatic carbocycles. The number of nitrogens with two attached hydrogens (primary N) is 1. The quantitative estimate of drug-likeness (QED) is 0.558. The molecule has 2 aromatic heterocycles. The molecule has 0 aliphatic rings. The van der Waals surface area contributed by atoms with E-state index in [1.807, 2.05) is 38.2 Å². The van der Waals surface area contributed by atoms with Gasteiger partial charge in [-0.2, -0.15) is 5.10 Å². The minimum atomic E-state index is 0.265. The van der Waals surface area contributed by atoms with Gasteiger partial charge in [-0.05, 0) is 18.6 Å². The second-order valence-electron chi connectivity index (χ2n) is 4.69. The average Bonchev–Trinajstić information content (AvgIpc) is 2.87. The Balaban J connectivity index is 1.90. The molecular formula is C14H16N6O. The Morgan fingerprint density at radius 1 is 1.29 bits per heavy atom. The fourth-order valence-corrected chi connectivity index (χ4v) is 2.10. The number of benzene rings is 1. The highest BCUT2D eigenvalue weighted by molar-refractivity contribution is 5.86. The molecule has 108 valence electrons. The smallest absolute Gasteiger partial charge is 0.170 e. The number of hydrogen-bond acceptors (Lipinski definition) is 6. The molecular weight excluding hydrogens is 268 g/mol. The van der Waals surface area contributed by atoms with Crippen LogP contribution in [0.2, 0.25) is 0 Å². The van der Waals surface area contributed by atoms with Crippen LogP contribution in [0, 0.1) is 6.92 Å². The molecule has 0 saturated heterocycles. The fraction of sp³-hybridized carbons (Fsp3) is 0.214. The SMILES string of the molecule is Cc1ccccc1OCc1nc(NN)c2cnn(C)c2n1. The van der Waals surface area contributed by atoms with Gasteiger partial charge in [-0.3, -0.25) is 4.68 Å². The highest BCUT2D eigenvalue weighted by atomic mass is 16.5. The molecule has 0 atom stereocenters. The van der Waals surface area contributed by atoms with Gasteiger partial charge >= 0.3 is 0 Å². The number of hydrogen-bond donors (Lipinski definition) is 2. The van der Waals surface area contributed by atoms with Crippen molar-refractivity contribution in [2.75, 3.05) is 5.43 Å². The number of nitrogen functional groups attached to an aromatic ring is 1. The van der Waals surface area contributed by atoms with Crippen LogP contribution in [-0.2, 0) is 13.7 Å². The molecule has 3 aromatic rings. The van der Waals surface area contributed by atoms with Crippen LogP contribution in [0.1, 0.15) is 11.4 Å². The van der Waals surface area contributed by atoms with Crippen molar-refractivity contribution in [3.05, 3.63) is 41.9 Å². The van der Waals surface area contributed by atoms with E-state index in [1.54, 1.807) is 10.9 Å². The topological polar surface area (TPSA) is 90.9 Å². The van der Waals surface area contributed by atoms with Crippen molar-refractivity contribution in [3.8, 4) is 5.75 Å². The van der Waals surface area contributed by atoms with Crippen LogP contribution >= 0.6 is 0 Å².